The Labute approximate surface area is 99.3 Å². The Balaban J connectivity index is 3.02. The molecule has 1 unspecified atom stereocenters. The van der Waals surface area contributed by atoms with Crippen molar-refractivity contribution < 1.29 is 24.9 Å². The van der Waals surface area contributed by atoms with Gasteiger partial charge in [0.25, 0.3) is 0 Å². The molecule has 17 heavy (non-hydrogen) atoms. The molecule has 0 saturated carbocycles. The highest BCUT2D eigenvalue weighted by Gasteiger charge is 2.16. The minimum absolute atomic E-state index is 0.0900. The third kappa shape index (κ3) is 3.35. The van der Waals surface area contributed by atoms with Crippen LogP contribution in [0.15, 0.2) is 12.1 Å². The summed E-state index contributed by atoms with van der Waals surface area (Å²) in [5.74, 6) is -0.467. The van der Waals surface area contributed by atoms with Crippen molar-refractivity contribution >= 4 is 6.29 Å². The molecule has 5 heteroatoms. The van der Waals surface area contributed by atoms with E-state index in [0.29, 0.717) is 11.3 Å². The summed E-state index contributed by atoms with van der Waals surface area (Å²) in [4.78, 5) is 10.6. The number of carbonyl (C=O) groups excluding carboxylic acids is 1. The van der Waals surface area contributed by atoms with Gasteiger partial charge in [-0.3, -0.25) is 0 Å². The summed E-state index contributed by atoms with van der Waals surface area (Å²) in [6.07, 6.45) is 1.03. The fourth-order valence-electron chi connectivity index (χ4n) is 1.46. The number of carbonyl (C=O) groups is 1. The molecule has 1 aromatic carbocycles. The van der Waals surface area contributed by atoms with Crippen LogP contribution in [0.5, 0.6) is 17.2 Å². The number of rotatable bonds is 6. The highest BCUT2D eigenvalue weighted by molar-refractivity contribution is 5.58. The zero-order valence-electron chi connectivity index (χ0n) is 9.59. The van der Waals surface area contributed by atoms with Crippen LogP contribution in [0, 0.1) is 5.92 Å². The van der Waals surface area contributed by atoms with Gasteiger partial charge in [-0.2, -0.15) is 0 Å². The van der Waals surface area contributed by atoms with E-state index in [-0.39, 0.29) is 37.1 Å². The lowest BCUT2D eigenvalue weighted by Gasteiger charge is -2.14. The lowest BCUT2D eigenvalue weighted by molar-refractivity contribution is -0.110. The molecule has 0 aliphatic carbocycles. The molecule has 1 atom stereocenters. The molecule has 0 aromatic heterocycles. The molecule has 1 aromatic rings. The molecule has 0 amide bonds. The van der Waals surface area contributed by atoms with Crippen molar-refractivity contribution in [2.45, 2.75) is 13.3 Å². The molecule has 0 bridgehead atoms. The largest absolute Gasteiger partial charge is 0.504 e. The van der Waals surface area contributed by atoms with Crippen LogP contribution < -0.4 is 4.74 Å². The van der Waals surface area contributed by atoms with Crippen molar-refractivity contribution in [2.24, 2.45) is 5.92 Å². The SMILES string of the molecule is CC(C=O)Cc1c(OCCO)ccc(O)c1O. The van der Waals surface area contributed by atoms with Gasteiger partial charge in [0, 0.05) is 11.5 Å². The standard InChI is InChI=1S/C12H16O5/c1-8(7-14)6-9-11(17-5-4-13)3-2-10(15)12(9)16/h2-3,7-8,13,15-16H,4-6H2,1H3. The van der Waals surface area contributed by atoms with Gasteiger partial charge in [-0.1, -0.05) is 6.92 Å². The summed E-state index contributed by atoms with van der Waals surface area (Å²) < 4.78 is 5.23. The second kappa shape index (κ2) is 6.10. The Morgan fingerprint density at radius 3 is 2.71 bits per heavy atom. The van der Waals surface area contributed by atoms with E-state index in [4.69, 9.17) is 9.84 Å². The van der Waals surface area contributed by atoms with E-state index in [1.807, 2.05) is 0 Å². The zero-order chi connectivity index (χ0) is 12.8. The average molecular weight is 240 g/mol. The quantitative estimate of drug-likeness (QED) is 0.507. The maximum atomic E-state index is 10.6. The molecule has 0 spiro atoms. The van der Waals surface area contributed by atoms with Gasteiger partial charge in [-0.05, 0) is 18.6 Å². The number of aldehydes is 1. The van der Waals surface area contributed by atoms with Gasteiger partial charge in [0.15, 0.2) is 11.5 Å². The minimum Gasteiger partial charge on any atom is -0.504 e. The third-order valence-electron chi connectivity index (χ3n) is 2.33. The summed E-state index contributed by atoms with van der Waals surface area (Å²) in [6.45, 7) is 1.64. The molecule has 0 aliphatic rings. The number of hydrogen-bond donors (Lipinski definition) is 3. The van der Waals surface area contributed by atoms with Gasteiger partial charge in [0.1, 0.15) is 18.6 Å². The fourth-order valence-corrected chi connectivity index (χ4v) is 1.46. The fraction of sp³-hybridized carbons (Fsp3) is 0.417. The van der Waals surface area contributed by atoms with E-state index in [0.717, 1.165) is 6.29 Å². The Morgan fingerprint density at radius 1 is 1.41 bits per heavy atom. The van der Waals surface area contributed by atoms with Crippen LogP contribution in [0.3, 0.4) is 0 Å². The number of aliphatic hydroxyl groups excluding tert-OH is 1. The highest BCUT2D eigenvalue weighted by Crippen LogP contribution is 2.37. The first-order valence-corrected chi connectivity index (χ1v) is 5.33. The molecule has 1 rings (SSSR count). The van der Waals surface area contributed by atoms with Gasteiger partial charge in [0.2, 0.25) is 0 Å². The number of hydrogen-bond acceptors (Lipinski definition) is 5. The van der Waals surface area contributed by atoms with Crippen molar-refractivity contribution in [3.8, 4) is 17.2 Å². The monoisotopic (exact) mass is 240 g/mol. The van der Waals surface area contributed by atoms with Crippen LogP contribution in [-0.4, -0.2) is 34.8 Å². The van der Waals surface area contributed by atoms with Gasteiger partial charge in [-0.25, -0.2) is 0 Å². The van der Waals surface area contributed by atoms with E-state index in [1.165, 1.54) is 12.1 Å². The molecule has 0 fully saturated rings. The van der Waals surface area contributed by atoms with Gasteiger partial charge in [0.05, 0.1) is 6.61 Å². The summed E-state index contributed by atoms with van der Waals surface area (Å²) in [7, 11) is 0. The van der Waals surface area contributed by atoms with Gasteiger partial charge in [-0.15, -0.1) is 0 Å². The van der Waals surface area contributed by atoms with Gasteiger partial charge < -0.3 is 24.9 Å². The summed E-state index contributed by atoms with van der Waals surface area (Å²) in [6, 6.07) is 2.80. The molecule has 5 nitrogen and oxygen atoms in total. The predicted molar refractivity (Wildman–Crippen MR) is 61.3 cm³/mol. The van der Waals surface area contributed by atoms with E-state index in [9.17, 15) is 15.0 Å². The molecule has 3 N–H and O–H groups in total. The number of aliphatic hydroxyl groups is 1. The van der Waals surface area contributed by atoms with E-state index in [2.05, 4.69) is 0 Å². The molecule has 0 heterocycles. The number of phenols is 2. The van der Waals surface area contributed by atoms with Crippen molar-refractivity contribution in [2.75, 3.05) is 13.2 Å². The Morgan fingerprint density at radius 2 is 2.12 bits per heavy atom. The molecule has 94 valence electrons. The second-order valence-electron chi connectivity index (χ2n) is 3.80. The van der Waals surface area contributed by atoms with Crippen LogP contribution in [0.1, 0.15) is 12.5 Å². The molecule has 0 radical (unpaired) electrons. The lowest BCUT2D eigenvalue weighted by atomic mass is 10.0. The van der Waals surface area contributed by atoms with Gasteiger partial charge >= 0.3 is 0 Å². The Kier molecular flexibility index (Phi) is 4.78. The van der Waals surface area contributed by atoms with Crippen molar-refractivity contribution in [3.63, 3.8) is 0 Å². The van der Waals surface area contributed by atoms with E-state index >= 15 is 0 Å². The van der Waals surface area contributed by atoms with Crippen LogP contribution in [-0.2, 0) is 11.2 Å². The maximum Gasteiger partial charge on any atom is 0.164 e. The lowest BCUT2D eigenvalue weighted by Crippen LogP contribution is -2.07. The Hall–Kier alpha value is -1.75. The second-order valence-corrected chi connectivity index (χ2v) is 3.80. The highest BCUT2D eigenvalue weighted by atomic mass is 16.5. The first-order chi connectivity index (χ1) is 8.10. The number of aromatic hydroxyl groups is 2. The van der Waals surface area contributed by atoms with Crippen LogP contribution in [0.25, 0.3) is 0 Å². The average Bonchev–Trinajstić information content (AvgIpc) is 2.33. The molecular formula is C12H16O5. The smallest absolute Gasteiger partial charge is 0.164 e. The number of ether oxygens (including phenoxy) is 1. The first-order valence-electron chi connectivity index (χ1n) is 5.33. The number of benzene rings is 1. The van der Waals surface area contributed by atoms with Crippen molar-refractivity contribution in [1.82, 2.24) is 0 Å². The third-order valence-corrected chi connectivity index (χ3v) is 2.33. The first kappa shape index (κ1) is 13.3. The predicted octanol–water partition coefficient (Wildman–Crippen LogP) is 0.846. The van der Waals surface area contributed by atoms with Crippen molar-refractivity contribution in [1.29, 1.82) is 0 Å². The summed E-state index contributed by atoms with van der Waals surface area (Å²) in [5.41, 5.74) is 0.373. The van der Waals surface area contributed by atoms with E-state index < -0.39 is 0 Å². The van der Waals surface area contributed by atoms with Crippen LogP contribution in [0.2, 0.25) is 0 Å². The normalized spacial score (nSPS) is 12.1. The molecular weight excluding hydrogens is 224 g/mol. The minimum atomic E-state index is -0.292. The summed E-state index contributed by atoms with van der Waals surface area (Å²) >= 11 is 0. The molecule has 0 saturated heterocycles. The van der Waals surface area contributed by atoms with Crippen molar-refractivity contribution in [3.05, 3.63) is 17.7 Å². The maximum absolute atomic E-state index is 10.6. The summed E-state index contributed by atoms with van der Waals surface area (Å²) in [5, 5.41) is 27.8. The zero-order valence-corrected chi connectivity index (χ0v) is 9.59. The molecule has 0 aliphatic heterocycles. The number of phenolic OH excluding ortho intramolecular Hbond substituents is 2. The van der Waals surface area contributed by atoms with E-state index in [1.54, 1.807) is 6.92 Å². The van der Waals surface area contributed by atoms with Crippen LogP contribution in [0.4, 0.5) is 0 Å². The Bertz CT molecular complexity index is 389. The van der Waals surface area contributed by atoms with Crippen LogP contribution >= 0.6 is 0 Å². The topological polar surface area (TPSA) is 87.0 Å².